The number of carbonyl (C=O) groups is 2. The molecule has 1 atom stereocenters. The second-order valence-corrected chi connectivity index (χ2v) is 3.01. The molecule has 0 aliphatic carbocycles. The van der Waals surface area contributed by atoms with E-state index in [1.807, 2.05) is 0 Å². The summed E-state index contributed by atoms with van der Waals surface area (Å²) in [7, 11) is 1.58. The topological polar surface area (TPSA) is 84.9 Å². The van der Waals surface area contributed by atoms with Crippen LogP contribution < -0.4 is 5.32 Å². The second-order valence-electron chi connectivity index (χ2n) is 3.01. The highest BCUT2D eigenvalue weighted by molar-refractivity contribution is 5.82. The first kappa shape index (κ1) is 13.9. The molecule has 88 valence electrons. The van der Waals surface area contributed by atoms with Gasteiger partial charge in [-0.05, 0) is 6.42 Å². The van der Waals surface area contributed by atoms with E-state index in [0.29, 0.717) is 19.6 Å². The lowest BCUT2D eigenvalue weighted by molar-refractivity contribution is -0.143. The minimum atomic E-state index is -1.10. The van der Waals surface area contributed by atoms with Gasteiger partial charge in [-0.2, -0.15) is 0 Å². The molecule has 0 aromatic rings. The molecule has 6 nitrogen and oxygen atoms in total. The van der Waals surface area contributed by atoms with Gasteiger partial charge in [0.2, 0.25) is 5.91 Å². The molecule has 0 rings (SSSR count). The summed E-state index contributed by atoms with van der Waals surface area (Å²) in [6.45, 7) is 2.22. The number of carboxylic acids is 1. The molecule has 15 heavy (non-hydrogen) atoms. The van der Waals surface area contributed by atoms with Gasteiger partial charge in [-0.3, -0.25) is 4.79 Å². The Morgan fingerprint density at radius 1 is 1.40 bits per heavy atom. The molecule has 0 fully saturated rings. The quantitative estimate of drug-likeness (QED) is 0.544. The Balaban J connectivity index is 3.67. The van der Waals surface area contributed by atoms with E-state index in [2.05, 4.69) is 5.32 Å². The fourth-order valence-corrected chi connectivity index (χ4v) is 0.927. The maximum Gasteiger partial charge on any atom is 0.328 e. The summed E-state index contributed by atoms with van der Waals surface area (Å²) >= 11 is 0. The lowest BCUT2D eigenvalue weighted by atomic mass is 10.3. The van der Waals surface area contributed by atoms with Crippen LogP contribution in [-0.2, 0) is 19.1 Å². The van der Waals surface area contributed by atoms with E-state index in [4.69, 9.17) is 14.6 Å². The number of carboxylic acid groups (broad SMARTS) is 1. The zero-order valence-corrected chi connectivity index (χ0v) is 8.99. The predicted molar refractivity (Wildman–Crippen MR) is 52.6 cm³/mol. The highest BCUT2D eigenvalue weighted by Crippen LogP contribution is 1.90. The van der Waals surface area contributed by atoms with Gasteiger partial charge in [0.1, 0.15) is 0 Å². The highest BCUT2D eigenvalue weighted by Gasteiger charge is 2.17. The summed E-state index contributed by atoms with van der Waals surface area (Å²) < 4.78 is 9.88. The van der Waals surface area contributed by atoms with E-state index in [1.54, 1.807) is 7.11 Å². The number of aliphatic carboxylic acids is 1. The van der Waals surface area contributed by atoms with Gasteiger partial charge >= 0.3 is 5.97 Å². The van der Waals surface area contributed by atoms with Crippen molar-refractivity contribution in [3.63, 3.8) is 0 Å². The number of hydrogen-bond acceptors (Lipinski definition) is 4. The standard InChI is InChI=1S/C9H17NO5/c1-7(11)10-8(9(12)13)6-15-5-3-4-14-2/h8H,3-6H2,1-2H3,(H,10,11)(H,12,13). The minimum absolute atomic E-state index is 0.0291. The Morgan fingerprint density at radius 2 is 2.07 bits per heavy atom. The van der Waals surface area contributed by atoms with E-state index in [0.717, 1.165) is 0 Å². The molecule has 0 saturated heterocycles. The van der Waals surface area contributed by atoms with Crippen molar-refractivity contribution in [2.45, 2.75) is 19.4 Å². The van der Waals surface area contributed by atoms with Crippen molar-refractivity contribution in [3.8, 4) is 0 Å². The van der Waals surface area contributed by atoms with Gasteiger partial charge in [-0.25, -0.2) is 4.79 Å². The predicted octanol–water partition coefficient (Wildman–Crippen LogP) is -0.371. The second kappa shape index (κ2) is 8.19. The van der Waals surface area contributed by atoms with Crippen LogP contribution in [0.1, 0.15) is 13.3 Å². The maximum absolute atomic E-state index is 10.6. The van der Waals surface area contributed by atoms with Crippen LogP contribution in [0.2, 0.25) is 0 Å². The molecule has 1 unspecified atom stereocenters. The monoisotopic (exact) mass is 219 g/mol. The molecule has 0 spiro atoms. The molecule has 0 aromatic heterocycles. The van der Waals surface area contributed by atoms with Crippen molar-refractivity contribution in [2.24, 2.45) is 0 Å². The number of rotatable bonds is 8. The summed E-state index contributed by atoms with van der Waals surface area (Å²) in [5.74, 6) is -1.49. The van der Waals surface area contributed by atoms with Crippen LogP contribution in [0, 0.1) is 0 Å². The maximum atomic E-state index is 10.6. The van der Waals surface area contributed by atoms with Gasteiger partial charge in [0.25, 0.3) is 0 Å². The molecule has 0 bridgehead atoms. The van der Waals surface area contributed by atoms with E-state index >= 15 is 0 Å². The normalized spacial score (nSPS) is 12.1. The van der Waals surface area contributed by atoms with E-state index < -0.39 is 12.0 Å². The molecule has 1 amide bonds. The van der Waals surface area contributed by atoms with Crippen molar-refractivity contribution in [2.75, 3.05) is 26.9 Å². The van der Waals surface area contributed by atoms with Crippen molar-refractivity contribution in [3.05, 3.63) is 0 Å². The van der Waals surface area contributed by atoms with Gasteiger partial charge in [0.05, 0.1) is 6.61 Å². The van der Waals surface area contributed by atoms with Crippen molar-refractivity contribution in [1.82, 2.24) is 5.32 Å². The Hall–Kier alpha value is -1.14. The molecule has 0 saturated carbocycles. The first-order valence-electron chi connectivity index (χ1n) is 4.64. The number of carbonyl (C=O) groups excluding carboxylic acids is 1. The number of hydrogen-bond donors (Lipinski definition) is 2. The summed E-state index contributed by atoms with van der Waals surface area (Å²) in [6, 6.07) is -0.981. The van der Waals surface area contributed by atoms with Crippen molar-refractivity contribution in [1.29, 1.82) is 0 Å². The number of amides is 1. The lowest BCUT2D eigenvalue weighted by Gasteiger charge is -2.13. The third-order valence-corrected chi connectivity index (χ3v) is 1.60. The third-order valence-electron chi connectivity index (χ3n) is 1.60. The van der Waals surface area contributed by atoms with Gasteiger partial charge in [-0.15, -0.1) is 0 Å². The Labute approximate surface area is 88.6 Å². The number of ether oxygens (including phenoxy) is 2. The summed E-state index contributed by atoms with van der Waals surface area (Å²) in [6.07, 6.45) is 0.697. The zero-order chi connectivity index (χ0) is 11.7. The minimum Gasteiger partial charge on any atom is -0.480 e. The Morgan fingerprint density at radius 3 is 2.53 bits per heavy atom. The van der Waals surface area contributed by atoms with Gasteiger partial charge in [0, 0.05) is 27.2 Å². The molecular formula is C9H17NO5. The summed E-state index contributed by atoms with van der Waals surface area (Å²) in [5, 5.41) is 11.0. The van der Waals surface area contributed by atoms with Crippen molar-refractivity contribution < 1.29 is 24.2 Å². The lowest BCUT2D eigenvalue weighted by Crippen LogP contribution is -2.43. The Kier molecular flexibility index (Phi) is 7.57. The average Bonchev–Trinajstić information content (AvgIpc) is 2.15. The number of nitrogens with one attached hydrogen (secondary N) is 1. The third kappa shape index (κ3) is 7.90. The molecule has 0 aromatic carbocycles. The molecule has 0 heterocycles. The average molecular weight is 219 g/mol. The van der Waals surface area contributed by atoms with Crippen LogP contribution in [0.3, 0.4) is 0 Å². The first-order valence-corrected chi connectivity index (χ1v) is 4.64. The largest absolute Gasteiger partial charge is 0.480 e. The first-order chi connectivity index (χ1) is 7.07. The zero-order valence-electron chi connectivity index (χ0n) is 8.99. The van der Waals surface area contributed by atoms with Crippen LogP contribution in [0.5, 0.6) is 0 Å². The van der Waals surface area contributed by atoms with Crippen LogP contribution in [0.15, 0.2) is 0 Å². The SMILES string of the molecule is COCCCOCC(NC(C)=O)C(=O)O. The molecule has 0 aliphatic rings. The molecule has 2 N–H and O–H groups in total. The van der Waals surface area contributed by atoms with Crippen LogP contribution in [0.4, 0.5) is 0 Å². The smallest absolute Gasteiger partial charge is 0.328 e. The van der Waals surface area contributed by atoms with Crippen molar-refractivity contribution >= 4 is 11.9 Å². The van der Waals surface area contributed by atoms with Crippen LogP contribution in [-0.4, -0.2) is 50.0 Å². The highest BCUT2D eigenvalue weighted by atomic mass is 16.5. The van der Waals surface area contributed by atoms with Crippen LogP contribution in [0.25, 0.3) is 0 Å². The molecule has 0 radical (unpaired) electrons. The Bertz CT molecular complexity index is 207. The van der Waals surface area contributed by atoms with E-state index in [1.165, 1.54) is 6.92 Å². The van der Waals surface area contributed by atoms with Crippen LogP contribution >= 0.6 is 0 Å². The molecular weight excluding hydrogens is 202 g/mol. The van der Waals surface area contributed by atoms with E-state index in [9.17, 15) is 9.59 Å². The summed E-state index contributed by atoms with van der Waals surface area (Å²) in [5.41, 5.74) is 0. The fourth-order valence-electron chi connectivity index (χ4n) is 0.927. The molecule has 6 heteroatoms. The number of methoxy groups -OCH3 is 1. The van der Waals surface area contributed by atoms with E-state index in [-0.39, 0.29) is 12.5 Å². The summed E-state index contributed by atoms with van der Waals surface area (Å²) in [4.78, 5) is 21.3. The van der Waals surface area contributed by atoms with Gasteiger partial charge in [-0.1, -0.05) is 0 Å². The van der Waals surface area contributed by atoms with Gasteiger partial charge < -0.3 is 19.9 Å². The molecule has 0 aliphatic heterocycles. The fraction of sp³-hybridized carbons (Fsp3) is 0.778. The van der Waals surface area contributed by atoms with Gasteiger partial charge in [0.15, 0.2) is 6.04 Å².